The molecular weight excluding hydrogens is 302 g/mol. The third kappa shape index (κ3) is 4.37. The zero-order valence-corrected chi connectivity index (χ0v) is 12.6. The Bertz CT molecular complexity index is 768. The standard InChI is InChI=1S/C14H15N5O4/c1-9-3-4-11(10(2)5-9)16-14(21)17-13(20)7-18-6-12(15-8-18)19(22)23/h3-6,8H,7H2,1-2H3,(H2,16,17,20,21). The van der Waals surface area contributed by atoms with E-state index in [-0.39, 0.29) is 12.4 Å². The van der Waals surface area contributed by atoms with Gasteiger partial charge in [0.15, 0.2) is 0 Å². The van der Waals surface area contributed by atoms with E-state index in [9.17, 15) is 19.7 Å². The monoisotopic (exact) mass is 317 g/mol. The number of nitrogens with zero attached hydrogens (tertiary/aromatic N) is 3. The Balaban J connectivity index is 1.91. The highest BCUT2D eigenvalue weighted by atomic mass is 16.6. The summed E-state index contributed by atoms with van der Waals surface area (Å²) in [6, 6.07) is 4.82. The first-order chi connectivity index (χ1) is 10.8. The number of carbonyl (C=O) groups is 2. The van der Waals surface area contributed by atoms with Crippen molar-refractivity contribution in [1.82, 2.24) is 14.9 Å². The number of amides is 3. The van der Waals surface area contributed by atoms with E-state index < -0.39 is 16.9 Å². The van der Waals surface area contributed by atoms with Gasteiger partial charge >= 0.3 is 11.8 Å². The Kier molecular flexibility index (Phi) is 4.69. The topological polar surface area (TPSA) is 119 Å². The zero-order chi connectivity index (χ0) is 17.0. The molecule has 2 N–H and O–H groups in total. The van der Waals surface area contributed by atoms with Crippen molar-refractivity contribution in [1.29, 1.82) is 0 Å². The Morgan fingerprint density at radius 3 is 2.70 bits per heavy atom. The maximum atomic E-state index is 11.8. The lowest BCUT2D eigenvalue weighted by Crippen LogP contribution is -2.36. The van der Waals surface area contributed by atoms with Crippen molar-refractivity contribution in [2.75, 3.05) is 5.32 Å². The van der Waals surface area contributed by atoms with Crippen LogP contribution in [0.4, 0.5) is 16.3 Å². The van der Waals surface area contributed by atoms with Crippen molar-refractivity contribution in [3.63, 3.8) is 0 Å². The van der Waals surface area contributed by atoms with Crippen molar-refractivity contribution < 1.29 is 14.5 Å². The molecule has 0 radical (unpaired) electrons. The molecule has 0 spiro atoms. The van der Waals surface area contributed by atoms with E-state index in [2.05, 4.69) is 15.6 Å². The van der Waals surface area contributed by atoms with Gasteiger partial charge in [0.2, 0.25) is 12.2 Å². The minimum Gasteiger partial charge on any atom is -0.358 e. The summed E-state index contributed by atoms with van der Waals surface area (Å²) in [5.74, 6) is -0.975. The van der Waals surface area contributed by atoms with E-state index >= 15 is 0 Å². The van der Waals surface area contributed by atoms with E-state index in [0.29, 0.717) is 5.69 Å². The van der Waals surface area contributed by atoms with Gasteiger partial charge in [-0.05, 0) is 35.4 Å². The largest absolute Gasteiger partial charge is 0.381 e. The second kappa shape index (κ2) is 6.69. The van der Waals surface area contributed by atoms with Gasteiger partial charge in [0.25, 0.3) is 0 Å². The minimum atomic E-state index is -0.670. The van der Waals surface area contributed by atoms with Gasteiger partial charge in [0.05, 0.1) is 0 Å². The predicted molar refractivity (Wildman–Crippen MR) is 82.0 cm³/mol. The maximum absolute atomic E-state index is 11.8. The molecule has 9 heteroatoms. The van der Waals surface area contributed by atoms with Crippen LogP contribution in [0, 0.1) is 24.0 Å². The van der Waals surface area contributed by atoms with E-state index in [1.165, 1.54) is 4.57 Å². The summed E-state index contributed by atoms with van der Waals surface area (Å²) in [5, 5.41) is 15.2. The van der Waals surface area contributed by atoms with Gasteiger partial charge in [-0.3, -0.25) is 10.1 Å². The summed E-state index contributed by atoms with van der Waals surface area (Å²) < 4.78 is 1.22. The fourth-order valence-corrected chi connectivity index (χ4v) is 1.97. The number of nitrogens with one attached hydrogen (secondary N) is 2. The van der Waals surface area contributed by atoms with Crippen LogP contribution in [0.15, 0.2) is 30.7 Å². The molecule has 0 aliphatic rings. The number of rotatable bonds is 4. The van der Waals surface area contributed by atoms with Crippen LogP contribution in [0.3, 0.4) is 0 Å². The molecule has 120 valence electrons. The summed E-state index contributed by atoms with van der Waals surface area (Å²) in [6.07, 6.45) is 2.27. The van der Waals surface area contributed by atoms with Crippen molar-refractivity contribution >= 4 is 23.4 Å². The molecule has 9 nitrogen and oxygen atoms in total. The number of aryl methyl sites for hydroxylation is 2. The average Bonchev–Trinajstić information content (AvgIpc) is 2.90. The molecule has 3 amide bonds. The summed E-state index contributed by atoms with van der Waals surface area (Å²) >= 11 is 0. The Hall–Kier alpha value is -3.23. The Labute approximate surface area is 131 Å². The lowest BCUT2D eigenvalue weighted by atomic mass is 10.1. The summed E-state index contributed by atoms with van der Waals surface area (Å²) in [6.45, 7) is 3.53. The molecule has 0 saturated carbocycles. The number of urea groups is 1. The van der Waals surface area contributed by atoms with Crippen molar-refractivity contribution in [2.24, 2.45) is 0 Å². The number of imide groups is 1. The first-order valence-corrected chi connectivity index (χ1v) is 6.69. The lowest BCUT2D eigenvalue weighted by Gasteiger charge is -2.09. The minimum absolute atomic E-state index is 0.249. The third-order valence-electron chi connectivity index (χ3n) is 3.02. The molecule has 0 atom stereocenters. The highest BCUT2D eigenvalue weighted by molar-refractivity contribution is 6.01. The summed E-state index contributed by atoms with van der Waals surface area (Å²) in [4.78, 5) is 36.9. The smallest absolute Gasteiger partial charge is 0.358 e. The summed E-state index contributed by atoms with van der Waals surface area (Å²) in [7, 11) is 0. The number of aromatic nitrogens is 2. The number of benzene rings is 1. The molecule has 0 bridgehead atoms. The fourth-order valence-electron chi connectivity index (χ4n) is 1.97. The normalized spacial score (nSPS) is 10.2. The molecule has 1 aromatic carbocycles. The fraction of sp³-hybridized carbons (Fsp3) is 0.214. The molecule has 2 rings (SSSR count). The van der Waals surface area contributed by atoms with Crippen molar-refractivity contribution in [3.05, 3.63) is 52.0 Å². The molecule has 0 aliphatic carbocycles. The molecule has 0 unspecified atom stereocenters. The van der Waals surface area contributed by atoms with Crippen LogP contribution < -0.4 is 10.6 Å². The maximum Gasteiger partial charge on any atom is 0.381 e. The first kappa shape index (κ1) is 16.1. The zero-order valence-electron chi connectivity index (χ0n) is 12.6. The second-order valence-corrected chi connectivity index (χ2v) is 4.98. The Morgan fingerprint density at radius 2 is 2.09 bits per heavy atom. The van der Waals surface area contributed by atoms with Gasteiger partial charge in [0, 0.05) is 5.69 Å². The van der Waals surface area contributed by atoms with Gasteiger partial charge in [-0.2, -0.15) is 0 Å². The van der Waals surface area contributed by atoms with E-state index in [1.54, 1.807) is 6.07 Å². The number of anilines is 1. The van der Waals surface area contributed by atoms with Crippen LogP contribution in [0.1, 0.15) is 11.1 Å². The molecule has 1 aromatic heterocycles. The average molecular weight is 317 g/mol. The molecule has 2 aromatic rings. The number of carbonyl (C=O) groups excluding carboxylic acids is 2. The molecule has 0 saturated heterocycles. The quantitative estimate of drug-likeness (QED) is 0.657. The lowest BCUT2D eigenvalue weighted by molar-refractivity contribution is -0.389. The molecule has 23 heavy (non-hydrogen) atoms. The molecule has 0 fully saturated rings. The van der Waals surface area contributed by atoms with Crippen molar-refractivity contribution in [2.45, 2.75) is 20.4 Å². The SMILES string of the molecule is Cc1ccc(NC(=O)NC(=O)Cn2cnc([N+](=O)[O-])c2)c(C)c1. The second-order valence-electron chi connectivity index (χ2n) is 4.98. The van der Waals surface area contributed by atoms with E-state index in [1.807, 2.05) is 26.0 Å². The van der Waals surface area contributed by atoms with Crippen LogP contribution in [0.2, 0.25) is 0 Å². The van der Waals surface area contributed by atoms with Gasteiger partial charge in [0.1, 0.15) is 12.7 Å². The van der Waals surface area contributed by atoms with Gasteiger partial charge in [-0.15, -0.1) is 0 Å². The third-order valence-corrected chi connectivity index (χ3v) is 3.02. The number of nitro groups is 1. The summed E-state index contributed by atoms with van der Waals surface area (Å²) in [5.41, 5.74) is 2.53. The molecular formula is C14H15N5O4. The molecule has 1 heterocycles. The van der Waals surface area contributed by atoms with Crippen LogP contribution in [-0.4, -0.2) is 26.4 Å². The van der Waals surface area contributed by atoms with Gasteiger partial charge < -0.3 is 20.0 Å². The van der Waals surface area contributed by atoms with Gasteiger partial charge in [-0.1, -0.05) is 17.7 Å². The highest BCUT2D eigenvalue weighted by Crippen LogP contribution is 2.15. The number of hydrogen-bond acceptors (Lipinski definition) is 5. The van der Waals surface area contributed by atoms with Crippen LogP contribution >= 0.6 is 0 Å². The molecule has 0 aliphatic heterocycles. The van der Waals surface area contributed by atoms with Crippen molar-refractivity contribution in [3.8, 4) is 0 Å². The van der Waals surface area contributed by atoms with E-state index in [0.717, 1.165) is 23.7 Å². The first-order valence-electron chi connectivity index (χ1n) is 6.69. The highest BCUT2D eigenvalue weighted by Gasteiger charge is 2.14. The Morgan fingerprint density at radius 1 is 1.35 bits per heavy atom. The van der Waals surface area contributed by atoms with Gasteiger partial charge in [-0.25, -0.2) is 4.79 Å². The van der Waals surface area contributed by atoms with Crippen LogP contribution in [-0.2, 0) is 11.3 Å². The number of hydrogen-bond donors (Lipinski definition) is 2. The van der Waals surface area contributed by atoms with E-state index in [4.69, 9.17) is 0 Å². The van der Waals surface area contributed by atoms with Crippen LogP contribution in [0.5, 0.6) is 0 Å². The predicted octanol–water partition coefficient (Wildman–Crippen LogP) is 1.76. The number of imidazole rings is 1. The van der Waals surface area contributed by atoms with Crippen LogP contribution in [0.25, 0.3) is 0 Å².